The van der Waals surface area contributed by atoms with Crippen molar-refractivity contribution in [2.45, 2.75) is 18.7 Å². The number of carboxylic acids is 1. The highest BCUT2D eigenvalue weighted by molar-refractivity contribution is 7.98. The monoisotopic (exact) mass is 243 g/mol. The maximum absolute atomic E-state index is 10.8. The van der Waals surface area contributed by atoms with Gasteiger partial charge in [0.25, 0.3) is 0 Å². The predicted octanol–water partition coefficient (Wildman–Crippen LogP) is 1.10. The molecule has 1 heterocycles. The average molecular weight is 243 g/mol. The summed E-state index contributed by atoms with van der Waals surface area (Å²) in [6.45, 7) is 1.30. The number of thioether (sulfide) groups is 1. The quantitative estimate of drug-likeness (QED) is 0.782. The number of aliphatic carboxylic acids is 1. The van der Waals surface area contributed by atoms with Crippen molar-refractivity contribution in [1.82, 2.24) is 5.32 Å². The molecule has 5 nitrogen and oxygen atoms in total. The SMILES string of the molecule is CC(=O)N[C@@H](CSCc1ccoc1)C(=O)O. The van der Waals surface area contributed by atoms with Gasteiger partial charge in [-0.2, -0.15) is 11.8 Å². The van der Waals surface area contributed by atoms with Gasteiger partial charge < -0.3 is 14.8 Å². The normalized spacial score (nSPS) is 12.1. The van der Waals surface area contributed by atoms with Crippen molar-refractivity contribution in [2.75, 3.05) is 5.75 Å². The van der Waals surface area contributed by atoms with Crippen LogP contribution in [0.5, 0.6) is 0 Å². The number of furan rings is 1. The maximum atomic E-state index is 10.8. The first-order valence-electron chi connectivity index (χ1n) is 4.68. The largest absolute Gasteiger partial charge is 0.480 e. The van der Waals surface area contributed by atoms with E-state index >= 15 is 0 Å². The van der Waals surface area contributed by atoms with Gasteiger partial charge in [0.05, 0.1) is 12.5 Å². The molecule has 1 amide bonds. The summed E-state index contributed by atoms with van der Waals surface area (Å²) in [5.74, 6) is -0.355. The lowest BCUT2D eigenvalue weighted by atomic mass is 10.3. The molecular formula is C10H13NO4S. The highest BCUT2D eigenvalue weighted by Gasteiger charge is 2.17. The molecule has 0 fully saturated rings. The first kappa shape index (κ1) is 12.6. The summed E-state index contributed by atoms with van der Waals surface area (Å²) in [4.78, 5) is 21.5. The minimum Gasteiger partial charge on any atom is -0.480 e. The minimum atomic E-state index is -1.02. The van der Waals surface area contributed by atoms with Crippen molar-refractivity contribution in [3.8, 4) is 0 Å². The molecule has 1 atom stereocenters. The predicted molar refractivity (Wildman–Crippen MR) is 60.1 cm³/mol. The van der Waals surface area contributed by atoms with Gasteiger partial charge in [-0.05, 0) is 6.07 Å². The molecule has 6 heteroatoms. The third-order valence-electron chi connectivity index (χ3n) is 1.81. The third-order valence-corrected chi connectivity index (χ3v) is 2.92. The molecule has 0 saturated carbocycles. The Kier molecular flexibility index (Phi) is 4.91. The fraction of sp³-hybridized carbons (Fsp3) is 0.400. The molecule has 88 valence electrons. The topological polar surface area (TPSA) is 79.5 Å². The number of carbonyl (C=O) groups is 2. The molecule has 1 rings (SSSR count). The second-order valence-corrected chi connectivity index (χ2v) is 4.27. The Morgan fingerprint density at radius 2 is 2.38 bits per heavy atom. The first-order chi connectivity index (χ1) is 7.59. The standard InChI is InChI=1S/C10H13NO4S/c1-7(12)11-9(10(13)14)6-16-5-8-2-3-15-4-8/h2-4,9H,5-6H2,1H3,(H,11,12)(H,13,14)/t9-/m0/s1. The second-order valence-electron chi connectivity index (χ2n) is 3.24. The second kappa shape index (κ2) is 6.22. The maximum Gasteiger partial charge on any atom is 0.327 e. The summed E-state index contributed by atoms with van der Waals surface area (Å²) < 4.78 is 4.88. The average Bonchev–Trinajstić information content (AvgIpc) is 2.68. The summed E-state index contributed by atoms with van der Waals surface area (Å²) >= 11 is 1.43. The van der Waals surface area contributed by atoms with Crippen molar-refractivity contribution < 1.29 is 19.1 Å². The Bertz CT molecular complexity index is 350. The van der Waals surface area contributed by atoms with Gasteiger partial charge >= 0.3 is 5.97 Å². The molecule has 0 radical (unpaired) electrons. The lowest BCUT2D eigenvalue weighted by Crippen LogP contribution is -2.41. The number of hydrogen-bond acceptors (Lipinski definition) is 4. The van der Waals surface area contributed by atoms with E-state index in [9.17, 15) is 9.59 Å². The summed E-state index contributed by atoms with van der Waals surface area (Å²) in [6, 6.07) is 0.982. The first-order valence-corrected chi connectivity index (χ1v) is 5.84. The van der Waals surface area contributed by atoms with Crippen molar-refractivity contribution in [3.63, 3.8) is 0 Å². The van der Waals surface area contributed by atoms with Crippen LogP contribution < -0.4 is 5.32 Å². The van der Waals surface area contributed by atoms with Gasteiger partial charge in [0, 0.05) is 24.0 Å². The van der Waals surface area contributed by atoms with Crippen LogP contribution in [0.25, 0.3) is 0 Å². The van der Waals surface area contributed by atoms with Crippen LogP contribution in [0.15, 0.2) is 23.0 Å². The summed E-state index contributed by atoms with van der Waals surface area (Å²) in [5.41, 5.74) is 0.997. The molecule has 0 aliphatic heterocycles. The van der Waals surface area contributed by atoms with E-state index in [2.05, 4.69) is 5.32 Å². The van der Waals surface area contributed by atoms with Crippen LogP contribution in [-0.2, 0) is 15.3 Å². The zero-order valence-electron chi connectivity index (χ0n) is 8.80. The molecular weight excluding hydrogens is 230 g/mol. The van der Waals surface area contributed by atoms with E-state index in [1.54, 1.807) is 12.5 Å². The minimum absolute atomic E-state index is 0.333. The van der Waals surface area contributed by atoms with Crippen LogP contribution in [0.2, 0.25) is 0 Å². The fourth-order valence-corrected chi connectivity index (χ4v) is 2.07. The molecule has 2 N–H and O–H groups in total. The van der Waals surface area contributed by atoms with Gasteiger partial charge in [-0.15, -0.1) is 0 Å². The molecule has 0 aliphatic rings. The Morgan fingerprint density at radius 3 is 2.88 bits per heavy atom. The van der Waals surface area contributed by atoms with Crippen LogP contribution in [0.4, 0.5) is 0 Å². The smallest absolute Gasteiger partial charge is 0.327 e. The Morgan fingerprint density at radius 1 is 1.62 bits per heavy atom. The number of rotatable bonds is 6. The van der Waals surface area contributed by atoms with Crippen molar-refractivity contribution in [2.24, 2.45) is 0 Å². The molecule has 0 aliphatic carbocycles. The Balaban J connectivity index is 2.32. The third kappa shape index (κ3) is 4.39. The van der Waals surface area contributed by atoms with Crippen LogP contribution in [0, 0.1) is 0 Å². The molecule has 0 saturated heterocycles. The van der Waals surface area contributed by atoms with Crippen molar-refractivity contribution >= 4 is 23.6 Å². The lowest BCUT2D eigenvalue weighted by Gasteiger charge is -2.12. The van der Waals surface area contributed by atoms with Crippen LogP contribution in [-0.4, -0.2) is 28.8 Å². The summed E-state index contributed by atoms with van der Waals surface area (Å²) in [5, 5.41) is 11.2. The number of amides is 1. The zero-order chi connectivity index (χ0) is 12.0. The molecule has 0 spiro atoms. The van der Waals surface area contributed by atoms with Gasteiger partial charge in [0.15, 0.2) is 0 Å². The van der Waals surface area contributed by atoms with Crippen LogP contribution in [0.3, 0.4) is 0 Å². The highest BCUT2D eigenvalue weighted by Crippen LogP contribution is 2.13. The Hall–Kier alpha value is -1.43. The lowest BCUT2D eigenvalue weighted by molar-refractivity contribution is -0.140. The van der Waals surface area contributed by atoms with Crippen molar-refractivity contribution in [1.29, 1.82) is 0 Å². The van der Waals surface area contributed by atoms with E-state index in [1.807, 2.05) is 6.07 Å². The van der Waals surface area contributed by atoms with E-state index in [4.69, 9.17) is 9.52 Å². The molecule has 0 aromatic carbocycles. The molecule has 0 bridgehead atoms. The number of carboxylic acid groups (broad SMARTS) is 1. The van der Waals surface area contributed by atoms with Crippen LogP contribution in [0.1, 0.15) is 12.5 Å². The zero-order valence-corrected chi connectivity index (χ0v) is 9.62. The molecule has 0 unspecified atom stereocenters. The number of hydrogen-bond donors (Lipinski definition) is 2. The van der Waals surface area contributed by atoms with E-state index < -0.39 is 12.0 Å². The Labute approximate surface area is 97.2 Å². The fourth-order valence-electron chi connectivity index (χ4n) is 1.09. The molecule has 16 heavy (non-hydrogen) atoms. The van der Waals surface area contributed by atoms with E-state index in [-0.39, 0.29) is 5.91 Å². The van der Waals surface area contributed by atoms with E-state index in [1.165, 1.54) is 18.7 Å². The molecule has 1 aromatic rings. The van der Waals surface area contributed by atoms with Crippen molar-refractivity contribution in [3.05, 3.63) is 24.2 Å². The highest BCUT2D eigenvalue weighted by atomic mass is 32.2. The van der Waals surface area contributed by atoms with Gasteiger partial charge in [-0.25, -0.2) is 4.79 Å². The number of nitrogens with one attached hydrogen (secondary N) is 1. The number of carbonyl (C=O) groups excluding carboxylic acids is 1. The van der Waals surface area contributed by atoms with E-state index in [0.717, 1.165) is 5.56 Å². The van der Waals surface area contributed by atoms with Gasteiger partial charge in [-0.1, -0.05) is 0 Å². The van der Waals surface area contributed by atoms with Gasteiger partial charge in [0.1, 0.15) is 6.04 Å². The van der Waals surface area contributed by atoms with Crippen LogP contribution >= 0.6 is 11.8 Å². The molecule has 1 aromatic heterocycles. The summed E-state index contributed by atoms with van der Waals surface area (Å²) in [6.07, 6.45) is 3.18. The van der Waals surface area contributed by atoms with Gasteiger partial charge in [0.2, 0.25) is 5.91 Å². The van der Waals surface area contributed by atoms with E-state index in [0.29, 0.717) is 11.5 Å². The van der Waals surface area contributed by atoms with Gasteiger partial charge in [-0.3, -0.25) is 4.79 Å². The summed E-state index contributed by atoms with van der Waals surface area (Å²) in [7, 11) is 0.